The lowest BCUT2D eigenvalue weighted by molar-refractivity contribution is 0.661. The number of nitrogens with zero attached hydrogens (tertiary/aromatic N) is 2. The molecular weight excluding hydrogens is 713 g/mol. The molecule has 1 aromatic heterocycles. The van der Waals surface area contributed by atoms with Gasteiger partial charge in [-0.15, -0.1) is 0 Å². The molecule has 0 spiro atoms. The predicted molar refractivity (Wildman–Crippen MR) is 247 cm³/mol. The van der Waals surface area contributed by atoms with E-state index in [0.717, 1.165) is 33.5 Å². The first kappa shape index (κ1) is 34.8. The van der Waals surface area contributed by atoms with Crippen LogP contribution in [-0.4, -0.2) is 9.97 Å². The molecule has 0 saturated carbocycles. The van der Waals surface area contributed by atoms with Crippen molar-refractivity contribution in [3.05, 3.63) is 217 Å². The van der Waals surface area contributed by atoms with Gasteiger partial charge in [-0.25, -0.2) is 9.97 Å². The zero-order valence-electron chi connectivity index (χ0n) is 33.0. The average molecular weight is 753 g/mol. The quantitative estimate of drug-likeness (QED) is 0.169. The van der Waals surface area contributed by atoms with Crippen molar-refractivity contribution in [3.8, 4) is 78.4 Å². The van der Waals surface area contributed by atoms with Crippen LogP contribution in [0.1, 0.15) is 25.0 Å². The minimum atomic E-state index is -0.0788. The molecule has 1 aliphatic carbocycles. The van der Waals surface area contributed by atoms with Gasteiger partial charge < -0.3 is 0 Å². The number of benzene rings is 9. The Morgan fingerprint density at radius 1 is 0.322 bits per heavy atom. The van der Waals surface area contributed by atoms with Gasteiger partial charge in [-0.1, -0.05) is 214 Å². The van der Waals surface area contributed by atoms with Crippen LogP contribution in [0.25, 0.3) is 100.0 Å². The molecule has 0 N–H and O–H groups in total. The molecule has 0 unspecified atom stereocenters. The summed E-state index contributed by atoms with van der Waals surface area (Å²) < 4.78 is 0. The molecule has 1 heterocycles. The summed E-state index contributed by atoms with van der Waals surface area (Å²) in [7, 11) is 0. The molecule has 278 valence electrons. The Labute approximate surface area is 345 Å². The van der Waals surface area contributed by atoms with Crippen molar-refractivity contribution in [1.29, 1.82) is 0 Å². The molecule has 0 amide bonds. The zero-order valence-corrected chi connectivity index (χ0v) is 33.0. The van der Waals surface area contributed by atoms with Crippen LogP contribution in [0, 0.1) is 0 Å². The first-order valence-electron chi connectivity index (χ1n) is 20.4. The molecule has 59 heavy (non-hydrogen) atoms. The molecule has 2 nitrogen and oxygen atoms in total. The van der Waals surface area contributed by atoms with Crippen molar-refractivity contribution in [1.82, 2.24) is 9.97 Å². The highest BCUT2D eigenvalue weighted by Crippen LogP contribution is 2.54. The Morgan fingerprint density at radius 3 is 1.58 bits per heavy atom. The lowest BCUT2D eigenvalue weighted by Crippen LogP contribution is -2.14. The maximum absolute atomic E-state index is 5.22. The minimum absolute atomic E-state index is 0.0788. The Balaban J connectivity index is 0.999. The van der Waals surface area contributed by atoms with Gasteiger partial charge in [0.2, 0.25) is 0 Å². The summed E-state index contributed by atoms with van der Waals surface area (Å²) in [6.07, 6.45) is 0. The fraction of sp³-hybridized carbons (Fsp3) is 0.0526. The lowest BCUT2D eigenvalue weighted by atomic mass is 9.81. The first-order valence-corrected chi connectivity index (χ1v) is 20.4. The molecule has 9 aromatic carbocycles. The summed E-state index contributed by atoms with van der Waals surface area (Å²) in [5.74, 6) is 0.709. The van der Waals surface area contributed by atoms with Gasteiger partial charge in [0.1, 0.15) is 0 Å². The molecule has 2 heteroatoms. The molecule has 0 aliphatic heterocycles. The third kappa shape index (κ3) is 5.87. The van der Waals surface area contributed by atoms with Gasteiger partial charge in [0.05, 0.1) is 11.4 Å². The van der Waals surface area contributed by atoms with E-state index in [-0.39, 0.29) is 5.41 Å². The van der Waals surface area contributed by atoms with E-state index in [1.807, 2.05) is 18.2 Å². The average Bonchev–Trinajstić information content (AvgIpc) is 3.55. The third-order valence-electron chi connectivity index (χ3n) is 12.3. The number of fused-ring (bicyclic) bond motifs is 6. The van der Waals surface area contributed by atoms with Gasteiger partial charge in [0.25, 0.3) is 0 Å². The molecule has 0 atom stereocenters. The number of aromatic nitrogens is 2. The van der Waals surface area contributed by atoms with Crippen molar-refractivity contribution < 1.29 is 0 Å². The summed E-state index contributed by atoms with van der Waals surface area (Å²) in [5.41, 5.74) is 17.6. The van der Waals surface area contributed by atoms with Crippen LogP contribution in [0.4, 0.5) is 0 Å². The van der Waals surface area contributed by atoms with Crippen LogP contribution in [0.2, 0.25) is 0 Å². The van der Waals surface area contributed by atoms with Gasteiger partial charge in [-0.3, -0.25) is 0 Å². The predicted octanol–water partition coefficient (Wildman–Crippen LogP) is 15.1. The van der Waals surface area contributed by atoms with Crippen LogP contribution < -0.4 is 0 Å². The summed E-state index contributed by atoms with van der Waals surface area (Å²) in [6, 6.07) is 74.3. The van der Waals surface area contributed by atoms with Crippen LogP contribution in [0.15, 0.2) is 206 Å². The maximum Gasteiger partial charge on any atom is 0.160 e. The summed E-state index contributed by atoms with van der Waals surface area (Å²) in [6.45, 7) is 4.73. The second kappa shape index (κ2) is 13.9. The second-order valence-electron chi connectivity index (χ2n) is 16.1. The monoisotopic (exact) mass is 752 g/mol. The van der Waals surface area contributed by atoms with Crippen LogP contribution in [0.3, 0.4) is 0 Å². The Morgan fingerprint density at radius 2 is 0.847 bits per heavy atom. The highest BCUT2D eigenvalue weighted by molar-refractivity contribution is 6.07. The molecule has 11 rings (SSSR count). The topological polar surface area (TPSA) is 25.8 Å². The Kier molecular flexibility index (Phi) is 8.20. The van der Waals surface area contributed by atoms with E-state index in [1.54, 1.807) is 0 Å². The van der Waals surface area contributed by atoms with Gasteiger partial charge in [-0.2, -0.15) is 0 Å². The fourth-order valence-electron chi connectivity index (χ4n) is 9.31. The largest absolute Gasteiger partial charge is 0.228 e. The van der Waals surface area contributed by atoms with E-state index in [0.29, 0.717) is 5.82 Å². The van der Waals surface area contributed by atoms with Crippen molar-refractivity contribution in [2.45, 2.75) is 19.3 Å². The van der Waals surface area contributed by atoms with Gasteiger partial charge in [-0.05, 0) is 83.2 Å². The van der Waals surface area contributed by atoms with Gasteiger partial charge >= 0.3 is 0 Å². The summed E-state index contributed by atoms with van der Waals surface area (Å²) in [5, 5.41) is 4.94. The van der Waals surface area contributed by atoms with E-state index < -0.39 is 0 Å². The van der Waals surface area contributed by atoms with E-state index in [4.69, 9.17) is 9.97 Å². The second-order valence-corrected chi connectivity index (χ2v) is 16.1. The minimum Gasteiger partial charge on any atom is -0.228 e. The summed E-state index contributed by atoms with van der Waals surface area (Å²) >= 11 is 0. The fourth-order valence-corrected chi connectivity index (χ4v) is 9.31. The third-order valence-corrected chi connectivity index (χ3v) is 12.3. The van der Waals surface area contributed by atoms with E-state index in [1.165, 1.54) is 71.8 Å². The van der Waals surface area contributed by atoms with Crippen molar-refractivity contribution in [3.63, 3.8) is 0 Å². The lowest BCUT2D eigenvalue weighted by Gasteiger charge is -2.21. The van der Waals surface area contributed by atoms with Crippen molar-refractivity contribution >= 4 is 21.5 Å². The van der Waals surface area contributed by atoms with Gasteiger partial charge in [0, 0.05) is 22.1 Å². The molecular formula is C57H40N2. The molecule has 0 fully saturated rings. The normalized spacial score (nSPS) is 12.7. The van der Waals surface area contributed by atoms with E-state index in [2.05, 4.69) is 202 Å². The number of hydrogen-bond acceptors (Lipinski definition) is 2. The Bertz CT molecular complexity index is 3200. The van der Waals surface area contributed by atoms with Crippen LogP contribution in [-0.2, 0) is 5.41 Å². The van der Waals surface area contributed by atoms with Gasteiger partial charge in [0.15, 0.2) is 5.82 Å². The first-order chi connectivity index (χ1) is 29.0. The highest BCUT2D eigenvalue weighted by atomic mass is 14.9. The maximum atomic E-state index is 5.22. The van der Waals surface area contributed by atoms with Crippen molar-refractivity contribution in [2.75, 3.05) is 0 Å². The molecule has 10 aromatic rings. The van der Waals surface area contributed by atoms with Crippen molar-refractivity contribution in [2.24, 2.45) is 0 Å². The van der Waals surface area contributed by atoms with Crippen LogP contribution >= 0.6 is 0 Å². The highest BCUT2D eigenvalue weighted by Gasteiger charge is 2.37. The summed E-state index contributed by atoms with van der Waals surface area (Å²) in [4.78, 5) is 10.4. The molecule has 0 saturated heterocycles. The molecule has 1 aliphatic rings. The standard InChI is InChI=1S/C57H40N2/c1-57(2)50-23-13-22-46(54(50)55-45-19-10-9-16-39(45)32-35-51(55)57)41-28-26-40(27-29-41)44-33-34-49(48-21-12-11-20-47(44)48)53-36-52(58-56(59-53)43-17-7-4-8-18-43)42-30-24-38(25-31-42)37-14-5-3-6-15-37/h3-36H,1-2H3. The molecule has 0 bridgehead atoms. The molecule has 0 radical (unpaired) electrons. The Hall–Kier alpha value is -7.42. The van der Waals surface area contributed by atoms with E-state index in [9.17, 15) is 0 Å². The number of hydrogen-bond donors (Lipinski definition) is 0. The number of rotatable bonds is 6. The van der Waals surface area contributed by atoms with E-state index >= 15 is 0 Å². The zero-order chi connectivity index (χ0) is 39.5. The SMILES string of the molecule is CC1(C)c2cccc(-c3ccc(-c4ccc(-c5cc(-c6ccc(-c7ccccc7)cc6)nc(-c6ccccc6)n5)c5ccccc45)cc3)c2-c2c1ccc1ccccc21. The smallest absolute Gasteiger partial charge is 0.160 e. The van der Waals surface area contributed by atoms with Crippen LogP contribution in [0.5, 0.6) is 0 Å².